The Balaban J connectivity index is 2.03. The molecule has 172 valence electrons. The fourth-order valence-electron chi connectivity index (χ4n) is 4.45. The molecule has 2 aromatic rings. The highest BCUT2D eigenvalue weighted by atomic mass is 16.6. The molecular weight excluding hydrogens is 408 g/mol. The molecule has 1 heterocycles. The molecule has 8 heteroatoms. The number of unbranched alkanes of at least 4 members (excludes halogenated alkanes) is 1. The molecule has 8 nitrogen and oxygen atoms in total. The summed E-state index contributed by atoms with van der Waals surface area (Å²) in [5, 5.41) is 19.8. The Morgan fingerprint density at radius 1 is 1.12 bits per heavy atom. The van der Waals surface area contributed by atoms with E-state index in [0.29, 0.717) is 28.8 Å². The predicted molar refractivity (Wildman–Crippen MR) is 126 cm³/mol. The molecule has 0 fully saturated rings. The molecule has 3 rings (SSSR count). The van der Waals surface area contributed by atoms with Crippen molar-refractivity contribution in [2.45, 2.75) is 58.4 Å². The van der Waals surface area contributed by atoms with Crippen molar-refractivity contribution in [3.63, 3.8) is 0 Å². The Morgan fingerprint density at radius 3 is 2.41 bits per heavy atom. The van der Waals surface area contributed by atoms with E-state index in [4.69, 9.17) is 9.47 Å². The number of nitrogens with zero attached hydrogens (tertiary/aromatic N) is 4. The molecule has 0 amide bonds. The van der Waals surface area contributed by atoms with Crippen molar-refractivity contribution in [1.29, 1.82) is 0 Å². The average Bonchev–Trinajstić information content (AvgIpc) is 2.76. The molecule has 2 aromatic carbocycles. The van der Waals surface area contributed by atoms with E-state index >= 15 is 0 Å². The SMILES string of the molecule is CCCCN1c2cc(OC)c(N=Nc3ccc([N+](=O)[O-])cc3OC)cc2C(C)CC1(C)C. The van der Waals surface area contributed by atoms with E-state index < -0.39 is 4.92 Å². The minimum absolute atomic E-state index is 0.0573. The number of nitro benzene ring substituents is 1. The zero-order valence-corrected chi connectivity index (χ0v) is 19.7. The van der Waals surface area contributed by atoms with E-state index in [0.717, 1.165) is 25.8 Å². The van der Waals surface area contributed by atoms with Gasteiger partial charge in [0.15, 0.2) is 5.75 Å². The summed E-state index contributed by atoms with van der Waals surface area (Å²) < 4.78 is 10.9. The van der Waals surface area contributed by atoms with Crippen LogP contribution >= 0.6 is 0 Å². The first-order chi connectivity index (χ1) is 15.2. The van der Waals surface area contributed by atoms with Crippen LogP contribution in [0.5, 0.6) is 11.5 Å². The number of fused-ring (bicyclic) bond motifs is 1. The van der Waals surface area contributed by atoms with Gasteiger partial charge in [-0.25, -0.2) is 0 Å². The van der Waals surface area contributed by atoms with Crippen LogP contribution in [0.3, 0.4) is 0 Å². The topological polar surface area (TPSA) is 89.6 Å². The van der Waals surface area contributed by atoms with E-state index in [1.165, 1.54) is 36.6 Å². The summed E-state index contributed by atoms with van der Waals surface area (Å²) >= 11 is 0. The molecule has 1 unspecified atom stereocenters. The maximum absolute atomic E-state index is 11.0. The van der Waals surface area contributed by atoms with Gasteiger partial charge < -0.3 is 14.4 Å². The second-order valence-corrected chi connectivity index (χ2v) is 8.82. The van der Waals surface area contributed by atoms with Crippen molar-refractivity contribution >= 4 is 22.7 Å². The Hall–Kier alpha value is -3.16. The van der Waals surface area contributed by atoms with Crippen LogP contribution in [0.4, 0.5) is 22.7 Å². The van der Waals surface area contributed by atoms with E-state index in [9.17, 15) is 10.1 Å². The molecule has 32 heavy (non-hydrogen) atoms. The summed E-state index contributed by atoms with van der Waals surface area (Å²) in [6.07, 6.45) is 3.31. The van der Waals surface area contributed by atoms with Crippen LogP contribution in [0.1, 0.15) is 58.4 Å². The molecular formula is C24H32N4O4. The number of non-ortho nitro benzene ring substituents is 1. The first-order valence-corrected chi connectivity index (χ1v) is 11.0. The fourth-order valence-corrected chi connectivity index (χ4v) is 4.45. The summed E-state index contributed by atoms with van der Waals surface area (Å²) in [7, 11) is 3.08. The molecule has 0 spiro atoms. The third-order valence-electron chi connectivity index (χ3n) is 6.06. The van der Waals surface area contributed by atoms with Gasteiger partial charge in [0.1, 0.15) is 17.1 Å². The second kappa shape index (κ2) is 9.54. The first-order valence-electron chi connectivity index (χ1n) is 11.0. The normalized spacial score (nSPS) is 17.3. The van der Waals surface area contributed by atoms with Crippen molar-refractivity contribution < 1.29 is 14.4 Å². The number of rotatable bonds is 8. The van der Waals surface area contributed by atoms with Gasteiger partial charge in [0.2, 0.25) is 0 Å². The molecule has 0 aromatic heterocycles. The summed E-state index contributed by atoms with van der Waals surface area (Å²) in [4.78, 5) is 13.0. The molecule has 0 bridgehead atoms. The van der Waals surface area contributed by atoms with Crippen molar-refractivity contribution in [2.24, 2.45) is 10.2 Å². The highest BCUT2D eigenvalue weighted by Crippen LogP contribution is 2.48. The van der Waals surface area contributed by atoms with Crippen molar-refractivity contribution in [3.8, 4) is 11.5 Å². The first kappa shape index (κ1) is 23.5. The van der Waals surface area contributed by atoms with Gasteiger partial charge in [-0.2, -0.15) is 0 Å². The lowest BCUT2D eigenvalue weighted by molar-refractivity contribution is -0.384. The summed E-state index contributed by atoms with van der Waals surface area (Å²) in [5.41, 5.74) is 3.44. The largest absolute Gasteiger partial charge is 0.494 e. The van der Waals surface area contributed by atoms with Crippen LogP contribution in [-0.4, -0.2) is 31.2 Å². The van der Waals surface area contributed by atoms with Gasteiger partial charge in [-0.05, 0) is 50.3 Å². The molecule has 0 saturated carbocycles. The van der Waals surface area contributed by atoms with Gasteiger partial charge in [0.25, 0.3) is 5.69 Å². The van der Waals surface area contributed by atoms with Crippen LogP contribution in [0.2, 0.25) is 0 Å². The Bertz CT molecular complexity index is 1020. The Morgan fingerprint density at radius 2 is 1.78 bits per heavy atom. The molecule has 1 aliphatic rings. The van der Waals surface area contributed by atoms with Gasteiger partial charge in [0.05, 0.1) is 25.2 Å². The maximum Gasteiger partial charge on any atom is 0.273 e. The van der Waals surface area contributed by atoms with Crippen molar-refractivity contribution in [2.75, 3.05) is 25.7 Å². The number of hydrogen-bond acceptors (Lipinski definition) is 7. The van der Waals surface area contributed by atoms with Crippen LogP contribution in [0, 0.1) is 10.1 Å². The lowest BCUT2D eigenvalue weighted by Gasteiger charge is -2.48. The molecule has 1 aliphatic heterocycles. The minimum atomic E-state index is -0.469. The highest BCUT2D eigenvalue weighted by Gasteiger charge is 2.36. The molecule has 0 radical (unpaired) electrons. The predicted octanol–water partition coefficient (Wildman–Crippen LogP) is 6.92. The summed E-state index contributed by atoms with van der Waals surface area (Å²) in [6.45, 7) is 10.0. The highest BCUT2D eigenvalue weighted by molar-refractivity contribution is 5.70. The Labute approximate surface area is 189 Å². The molecule has 0 N–H and O–H groups in total. The number of ether oxygens (including phenoxy) is 2. The van der Waals surface area contributed by atoms with Gasteiger partial charge in [-0.15, -0.1) is 10.2 Å². The van der Waals surface area contributed by atoms with E-state index in [1.807, 2.05) is 6.07 Å². The van der Waals surface area contributed by atoms with Crippen LogP contribution in [0.25, 0.3) is 0 Å². The average molecular weight is 441 g/mol. The number of benzene rings is 2. The Kier molecular flexibility index (Phi) is 7.01. The standard InChI is InChI=1S/C24H32N4O4/c1-7-8-11-27-21-14-23(32-6)20(13-18(21)16(2)15-24(27,3)4)26-25-19-10-9-17(28(29)30)12-22(19)31-5/h9-10,12-14,16H,7-8,11,15H2,1-6H3. The maximum atomic E-state index is 11.0. The molecule has 1 atom stereocenters. The monoisotopic (exact) mass is 440 g/mol. The fraction of sp³-hybridized carbons (Fsp3) is 0.500. The van der Waals surface area contributed by atoms with Gasteiger partial charge in [-0.1, -0.05) is 20.3 Å². The zero-order valence-electron chi connectivity index (χ0n) is 19.7. The number of hydrogen-bond donors (Lipinski definition) is 0. The number of nitro groups is 1. The summed E-state index contributed by atoms with van der Waals surface area (Å²) in [5.74, 6) is 1.30. The number of methoxy groups -OCH3 is 2. The van der Waals surface area contributed by atoms with E-state index in [2.05, 4.69) is 48.9 Å². The number of azo groups is 1. The lowest BCUT2D eigenvalue weighted by Crippen LogP contribution is -2.48. The van der Waals surface area contributed by atoms with Gasteiger partial charge in [-0.3, -0.25) is 10.1 Å². The third-order valence-corrected chi connectivity index (χ3v) is 6.06. The van der Waals surface area contributed by atoms with Crippen LogP contribution in [0.15, 0.2) is 40.6 Å². The van der Waals surface area contributed by atoms with Crippen molar-refractivity contribution in [3.05, 3.63) is 46.0 Å². The van der Waals surface area contributed by atoms with Gasteiger partial charge in [0, 0.05) is 29.9 Å². The third kappa shape index (κ3) is 4.69. The quantitative estimate of drug-likeness (QED) is 0.252. The smallest absolute Gasteiger partial charge is 0.273 e. The molecule has 0 saturated heterocycles. The van der Waals surface area contributed by atoms with Crippen molar-refractivity contribution in [1.82, 2.24) is 0 Å². The molecule has 0 aliphatic carbocycles. The van der Waals surface area contributed by atoms with Crippen LogP contribution in [-0.2, 0) is 0 Å². The summed E-state index contributed by atoms with van der Waals surface area (Å²) in [6, 6.07) is 8.37. The lowest BCUT2D eigenvalue weighted by atomic mass is 9.79. The number of anilines is 1. The zero-order chi connectivity index (χ0) is 23.5. The second-order valence-electron chi connectivity index (χ2n) is 8.82. The van der Waals surface area contributed by atoms with Crippen LogP contribution < -0.4 is 14.4 Å². The van der Waals surface area contributed by atoms with E-state index in [1.54, 1.807) is 7.11 Å². The van der Waals surface area contributed by atoms with Gasteiger partial charge >= 0.3 is 0 Å². The van der Waals surface area contributed by atoms with E-state index in [-0.39, 0.29) is 11.2 Å². The minimum Gasteiger partial charge on any atom is -0.494 e.